The maximum absolute atomic E-state index is 14.0. The van der Waals surface area contributed by atoms with Crippen LogP contribution in [0.25, 0.3) is 21.8 Å². The second-order valence-corrected chi connectivity index (χ2v) is 9.08. The normalized spacial score (nSPS) is 13.6. The average molecular weight is 406 g/mol. The monoisotopic (exact) mass is 406 g/mol. The summed E-state index contributed by atoms with van der Waals surface area (Å²) in [6.07, 6.45) is 0. The van der Waals surface area contributed by atoms with Gasteiger partial charge in [-0.2, -0.15) is 0 Å². The molecule has 1 unspecified atom stereocenters. The maximum Gasteiger partial charge on any atom is 0.349 e. The van der Waals surface area contributed by atoms with Crippen LogP contribution in [-0.4, -0.2) is 27.9 Å². The molecule has 29 heavy (non-hydrogen) atoms. The van der Waals surface area contributed by atoms with Gasteiger partial charge < -0.3 is 9.63 Å². The highest BCUT2D eigenvalue weighted by molar-refractivity contribution is 7.65. The highest BCUT2D eigenvalue weighted by atomic mass is 31.2. The lowest BCUT2D eigenvalue weighted by Crippen LogP contribution is -2.28. The number of aromatic hydroxyl groups is 1. The summed E-state index contributed by atoms with van der Waals surface area (Å²) in [6.45, 7) is 5.05. The Morgan fingerprint density at radius 3 is 2.34 bits per heavy atom. The SMILES string of the molecule is CCN(CC)P(=O)(Oc1cc(O)c2cc3ccccc3nc2c1)c1ccccc1. The molecule has 0 saturated heterocycles. The Labute approximate surface area is 170 Å². The quantitative estimate of drug-likeness (QED) is 0.346. The third-order valence-corrected chi connectivity index (χ3v) is 7.72. The van der Waals surface area contributed by atoms with Crippen molar-refractivity contribution in [2.45, 2.75) is 13.8 Å². The Bertz CT molecular complexity index is 1210. The summed E-state index contributed by atoms with van der Waals surface area (Å²) < 4.78 is 21.9. The van der Waals surface area contributed by atoms with Crippen LogP contribution in [0.15, 0.2) is 72.8 Å². The van der Waals surface area contributed by atoms with Crippen LogP contribution in [0.4, 0.5) is 0 Å². The van der Waals surface area contributed by atoms with Crippen molar-refractivity contribution in [1.82, 2.24) is 9.65 Å². The molecule has 1 aromatic heterocycles. The fourth-order valence-electron chi connectivity index (χ4n) is 3.52. The zero-order chi connectivity index (χ0) is 20.4. The third-order valence-electron chi connectivity index (χ3n) is 5.00. The van der Waals surface area contributed by atoms with Crippen LogP contribution in [0, 0.1) is 0 Å². The van der Waals surface area contributed by atoms with Gasteiger partial charge in [0.1, 0.15) is 11.5 Å². The minimum atomic E-state index is -3.36. The van der Waals surface area contributed by atoms with Crippen molar-refractivity contribution >= 4 is 34.6 Å². The molecular weight excluding hydrogens is 383 g/mol. The average Bonchev–Trinajstić information content (AvgIpc) is 2.74. The molecule has 0 fully saturated rings. The number of aromatic nitrogens is 1. The van der Waals surface area contributed by atoms with E-state index in [2.05, 4.69) is 4.98 Å². The summed E-state index contributed by atoms with van der Waals surface area (Å²) in [4.78, 5) is 4.64. The number of rotatable bonds is 6. The first-order chi connectivity index (χ1) is 14.0. The van der Waals surface area contributed by atoms with Gasteiger partial charge in [0.25, 0.3) is 0 Å². The van der Waals surface area contributed by atoms with E-state index in [0.717, 1.165) is 10.9 Å². The first-order valence-electron chi connectivity index (χ1n) is 9.68. The molecule has 4 rings (SSSR count). The van der Waals surface area contributed by atoms with E-state index in [0.29, 0.717) is 35.0 Å². The van der Waals surface area contributed by atoms with Crippen LogP contribution >= 0.6 is 7.52 Å². The van der Waals surface area contributed by atoms with Gasteiger partial charge in [-0.1, -0.05) is 50.2 Å². The summed E-state index contributed by atoms with van der Waals surface area (Å²) in [5, 5.41) is 12.8. The lowest BCUT2D eigenvalue weighted by atomic mass is 10.1. The zero-order valence-corrected chi connectivity index (χ0v) is 17.3. The second kappa shape index (κ2) is 7.86. The van der Waals surface area contributed by atoms with Crippen molar-refractivity contribution in [2.75, 3.05) is 13.1 Å². The number of fused-ring (bicyclic) bond motifs is 2. The predicted molar refractivity (Wildman–Crippen MR) is 118 cm³/mol. The number of hydrogen-bond donors (Lipinski definition) is 1. The fourth-order valence-corrected chi connectivity index (χ4v) is 5.75. The standard InChI is InChI=1S/C23H23N2O3P/c1-3-25(4-2)29(27,19-11-6-5-7-12-19)28-18-15-22-20(23(26)16-18)14-17-10-8-9-13-21(17)24-22/h5-16,26H,3-4H2,1-2H3. The number of phenolic OH excluding ortho intramolecular Hbond substituents is 1. The minimum Gasteiger partial charge on any atom is -0.507 e. The van der Waals surface area contributed by atoms with E-state index in [1.54, 1.807) is 6.07 Å². The van der Waals surface area contributed by atoms with E-state index >= 15 is 0 Å². The molecule has 1 atom stereocenters. The van der Waals surface area contributed by atoms with Crippen LogP contribution in [-0.2, 0) is 4.57 Å². The van der Waals surface area contributed by atoms with Gasteiger partial charge in [-0.05, 0) is 24.3 Å². The molecule has 0 aliphatic carbocycles. The molecule has 5 nitrogen and oxygen atoms in total. The number of pyridine rings is 1. The van der Waals surface area contributed by atoms with Gasteiger partial charge in [0.2, 0.25) is 0 Å². The molecule has 0 amide bonds. The van der Waals surface area contributed by atoms with Gasteiger partial charge >= 0.3 is 7.52 Å². The highest BCUT2D eigenvalue weighted by Crippen LogP contribution is 2.50. The molecule has 6 heteroatoms. The molecular formula is C23H23N2O3P. The molecule has 1 heterocycles. The second-order valence-electron chi connectivity index (χ2n) is 6.78. The van der Waals surface area contributed by atoms with E-state index in [-0.39, 0.29) is 5.75 Å². The predicted octanol–water partition coefficient (Wildman–Crippen LogP) is 5.33. The van der Waals surface area contributed by atoms with E-state index < -0.39 is 7.52 Å². The lowest BCUT2D eigenvalue weighted by molar-refractivity contribution is 0.380. The smallest absolute Gasteiger partial charge is 0.349 e. The maximum atomic E-state index is 14.0. The first kappa shape index (κ1) is 19.4. The van der Waals surface area contributed by atoms with E-state index in [1.807, 2.05) is 79.2 Å². The van der Waals surface area contributed by atoms with Crippen molar-refractivity contribution in [2.24, 2.45) is 0 Å². The molecule has 3 aromatic carbocycles. The van der Waals surface area contributed by atoms with Crippen molar-refractivity contribution in [3.05, 3.63) is 72.8 Å². The van der Waals surface area contributed by atoms with E-state index in [1.165, 1.54) is 6.07 Å². The molecule has 0 aliphatic heterocycles. The largest absolute Gasteiger partial charge is 0.507 e. The Hall–Kier alpha value is -2.88. The van der Waals surface area contributed by atoms with Gasteiger partial charge in [-0.25, -0.2) is 9.65 Å². The Kier molecular flexibility index (Phi) is 5.27. The number of phenols is 1. The van der Waals surface area contributed by atoms with Crippen LogP contribution in [0.5, 0.6) is 11.5 Å². The van der Waals surface area contributed by atoms with Crippen LogP contribution in [0.1, 0.15) is 13.8 Å². The zero-order valence-electron chi connectivity index (χ0n) is 16.4. The fraction of sp³-hybridized carbons (Fsp3) is 0.174. The molecule has 0 spiro atoms. The van der Waals surface area contributed by atoms with Crippen molar-refractivity contribution in [1.29, 1.82) is 0 Å². The summed E-state index contributed by atoms with van der Waals surface area (Å²) in [6, 6.07) is 22.1. The number of benzene rings is 3. The highest BCUT2D eigenvalue weighted by Gasteiger charge is 2.34. The molecule has 0 radical (unpaired) electrons. The lowest BCUT2D eigenvalue weighted by Gasteiger charge is -2.29. The Balaban J connectivity index is 1.84. The van der Waals surface area contributed by atoms with Gasteiger partial charge in [0.05, 0.1) is 16.3 Å². The molecule has 1 N–H and O–H groups in total. The summed E-state index contributed by atoms with van der Waals surface area (Å²) >= 11 is 0. The van der Waals surface area contributed by atoms with Gasteiger partial charge in [0.15, 0.2) is 0 Å². The van der Waals surface area contributed by atoms with Crippen LogP contribution in [0.2, 0.25) is 0 Å². The first-order valence-corrected chi connectivity index (χ1v) is 11.3. The third kappa shape index (κ3) is 3.59. The van der Waals surface area contributed by atoms with Gasteiger partial charge in [0, 0.05) is 36.0 Å². The van der Waals surface area contributed by atoms with E-state index in [9.17, 15) is 9.67 Å². The summed E-state index contributed by atoms with van der Waals surface area (Å²) in [5.74, 6) is 0.381. The summed E-state index contributed by atoms with van der Waals surface area (Å²) in [5.41, 5.74) is 1.42. The van der Waals surface area contributed by atoms with Crippen LogP contribution in [0.3, 0.4) is 0 Å². The molecule has 0 saturated carbocycles. The Morgan fingerprint density at radius 1 is 0.931 bits per heavy atom. The van der Waals surface area contributed by atoms with Gasteiger partial charge in [-0.3, -0.25) is 4.57 Å². The van der Waals surface area contributed by atoms with E-state index in [4.69, 9.17) is 4.52 Å². The summed E-state index contributed by atoms with van der Waals surface area (Å²) in [7, 11) is -3.36. The van der Waals surface area contributed by atoms with Crippen molar-refractivity contribution in [3.63, 3.8) is 0 Å². The minimum absolute atomic E-state index is 0.0508. The van der Waals surface area contributed by atoms with Crippen LogP contribution < -0.4 is 9.83 Å². The van der Waals surface area contributed by atoms with Crippen molar-refractivity contribution in [3.8, 4) is 11.5 Å². The molecule has 0 aliphatic rings. The topological polar surface area (TPSA) is 62.7 Å². The number of para-hydroxylation sites is 1. The molecule has 4 aromatic rings. The van der Waals surface area contributed by atoms with Crippen molar-refractivity contribution < 1.29 is 14.2 Å². The molecule has 0 bridgehead atoms. The van der Waals surface area contributed by atoms with Gasteiger partial charge in [-0.15, -0.1) is 0 Å². The Morgan fingerprint density at radius 2 is 1.62 bits per heavy atom. The number of hydrogen-bond acceptors (Lipinski definition) is 4. The molecule has 148 valence electrons. The number of nitrogens with zero attached hydrogens (tertiary/aromatic N) is 2.